The second-order valence-corrected chi connectivity index (χ2v) is 16.5. The minimum Gasteiger partial charge on any atom is -0.497 e. The number of amides is 4. The molecule has 0 saturated carbocycles. The third-order valence-corrected chi connectivity index (χ3v) is 11.5. The molecule has 4 amide bonds. The molecule has 7 aromatic rings. The summed E-state index contributed by atoms with van der Waals surface area (Å²) < 4.78 is 24.0. The fourth-order valence-corrected chi connectivity index (χ4v) is 8.11. The number of carbonyl (C=O) groups excluding carboxylic acids is 5. The monoisotopic (exact) mass is 955 g/mol. The molecule has 21 nitrogen and oxygen atoms in total. The molecule has 0 aliphatic rings. The molecule has 21 heteroatoms. The molecular formula is C49H57N13O8. The van der Waals surface area contributed by atoms with Crippen molar-refractivity contribution in [1.29, 1.82) is 0 Å². The summed E-state index contributed by atoms with van der Waals surface area (Å²) in [5.74, 6) is -0.143. The van der Waals surface area contributed by atoms with Gasteiger partial charge in [0.25, 0.3) is 11.8 Å². The van der Waals surface area contributed by atoms with E-state index < -0.39 is 23.8 Å². The summed E-state index contributed by atoms with van der Waals surface area (Å²) in [4.78, 5) is 76.5. The number of aryl methyl sites for hydroxylation is 4. The highest BCUT2D eigenvalue weighted by atomic mass is 16.5. The van der Waals surface area contributed by atoms with E-state index in [2.05, 4.69) is 20.8 Å². The van der Waals surface area contributed by atoms with Crippen molar-refractivity contribution in [3.05, 3.63) is 112 Å². The minimum atomic E-state index is -0.755. The fraction of sp³-hybridized carbons (Fsp3) is 0.327. The molecular weight excluding hydrogens is 899 g/mol. The first kappa shape index (κ1) is 49.6. The number of hydrogen-bond acceptors (Lipinski definition) is 13. The highest BCUT2D eigenvalue weighted by molar-refractivity contribution is 6.05. The number of anilines is 2. The van der Waals surface area contributed by atoms with E-state index in [-0.39, 0.29) is 43.1 Å². The number of nitrogens with two attached hydrogens (primary N) is 2. The molecule has 1 atom stereocenters. The number of methoxy groups -OCH3 is 2. The average Bonchev–Trinajstić information content (AvgIpc) is 4.12. The number of nitrogens with zero attached hydrogens (tertiary/aromatic N) is 9. The van der Waals surface area contributed by atoms with Gasteiger partial charge in [-0.1, -0.05) is 24.3 Å². The Labute approximate surface area is 403 Å². The lowest BCUT2D eigenvalue weighted by atomic mass is 10.1. The number of likely N-dealkylation sites (N-methyl/N-ethyl adjacent to an activating group) is 1. The van der Waals surface area contributed by atoms with Crippen LogP contribution in [0.15, 0.2) is 72.8 Å². The van der Waals surface area contributed by atoms with Crippen molar-refractivity contribution < 1.29 is 38.2 Å². The first-order valence-electron chi connectivity index (χ1n) is 22.7. The van der Waals surface area contributed by atoms with Gasteiger partial charge in [-0.3, -0.25) is 44.0 Å². The number of imidazole rings is 2. The number of benzene rings is 3. The van der Waals surface area contributed by atoms with Gasteiger partial charge in [-0.15, -0.1) is 0 Å². The van der Waals surface area contributed by atoms with Gasteiger partial charge in [-0.05, 0) is 94.6 Å². The Balaban J connectivity index is 1.18. The maximum atomic E-state index is 13.9. The fourth-order valence-electron chi connectivity index (χ4n) is 8.11. The van der Waals surface area contributed by atoms with Crippen LogP contribution in [0.3, 0.4) is 0 Å². The van der Waals surface area contributed by atoms with E-state index in [4.69, 9.17) is 35.6 Å². The molecule has 3 aromatic carbocycles. The highest BCUT2D eigenvalue weighted by Crippen LogP contribution is 2.33. The number of aromatic nitrogens is 8. The predicted octanol–water partition coefficient (Wildman–Crippen LogP) is 4.92. The Kier molecular flexibility index (Phi) is 15.4. The van der Waals surface area contributed by atoms with Crippen LogP contribution in [0.2, 0.25) is 0 Å². The van der Waals surface area contributed by atoms with Gasteiger partial charge in [0.2, 0.25) is 23.7 Å². The summed E-state index contributed by atoms with van der Waals surface area (Å²) in [7, 11) is 4.73. The molecule has 4 heterocycles. The van der Waals surface area contributed by atoms with Crippen molar-refractivity contribution in [3.8, 4) is 17.2 Å². The summed E-state index contributed by atoms with van der Waals surface area (Å²) >= 11 is 0. The molecule has 0 radical (unpaired) electrons. The Hall–Kier alpha value is -8.33. The van der Waals surface area contributed by atoms with Crippen LogP contribution in [0.1, 0.15) is 78.9 Å². The third-order valence-electron chi connectivity index (χ3n) is 11.5. The molecule has 0 saturated heterocycles. The number of fused-ring (bicyclic) bond motifs is 2. The Morgan fingerprint density at radius 1 is 0.771 bits per heavy atom. The van der Waals surface area contributed by atoms with Gasteiger partial charge in [0.1, 0.15) is 46.0 Å². The Morgan fingerprint density at radius 3 is 1.84 bits per heavy atom. The smallest absolute Gasteiger partial charge is 0.276 e. The van der Waals surface area contributed by atoms with Crippen molar-refractivity contribution in [1.82, 2.24) is 43.6 Å². The topological polar surface area (TPSA) is 264 Å². The number of carbonyl (C=O) groups is 5. The molecule has 0 aliphatic heterocycles. The van der Waals surface area contributed by atoms with Gasteiger partial charge in [0.15, 0.2) is 0 Å². The largest absolute Gasteiger partial charge is 0.497 e. The number of rotatable bonds is 22. The van der Waals surface area contributed by atoms with E-state index in [1.807, 2.05) is 50.3 Å². The van der Waals surface area contributed by atoms with Gasteiger partial charge in [0.05, 0.1) is 49.3 Å². The van der Waals surface area contributed by atoms with Gasteiger partial charge >= 0.3 is 0 Å². The number of nitrogens with one attached hydrogen (secondary N) is 2. The molecule has 0 aliphatic carbocycles. The van der Waals surface area contributed by atoms with Crippen LogP contribution < -0.4 is 36.3 Å². The normalized spacial score (nSPS) is 11.8. The van der Waals surface area contributed by atoms with Crippen molar-refractivity contribution in [2.24, 2.45) is 11.5 Å². The van der Waals surface area contributed by atoms with Crippen LogP contribution in [0.5, 0.6) is 17.2 Å². The van der Waals surface area contributed by atoms with Crippen LogP contribution >= 0.6 is 0 Å². The summed E-state index contributed by atoms with van der Waals surface area (Å²) in [6, 6.07) is 16.2. The summed E-state index contributed by atoms with van der Waals surface area (Å²) in [6.45, 7) is 9.03. The number of aldehydes is 1. The van der Waals surface area contributed by atoms with Gasteiger partial charge in [0, 0.05) is 50.9 Å². The van der Waals surface area contributed by atoms with E-state index in [0.29, 0.717) is 106 Å². The number of ether oxygens (including phenoxy) is 3. The quantitative estimate of drug-likeness (QED) is 0.0400. The molecule has 70 heavy (non-hydrogen) atoms. The van der Waals surface area contributed by atoms with Crippen LogP contribution in [0, 0.1) is 13.8 Å². The molecule has 7 rings (SSSR count). The molecule has 0 fully saturated rings. The summed E-state index contributed by atoms with van der Waals surface area (Å²) in [5.41, 5.74) is 17.0. The van der Waals surface area contributed by atoms with E-state index in [1.165, 1.54) is 19.2 Å². The maximum absolute atomic E-state index is 13.9. The van der Waals surface area contributed by atoms with E-state index in [0.717, 1.165) is 5.56 Å². The van der Waals surface area contributed by atoms with Gasteiger partial charge in [-0.2, -0.15) is 10.2 Å². The third kappa shape index (κ3) is 10.8. The maximum Gasteiger partial charge on any atom is 0.276 e. The van der Waals surface area contributed by atoms with E-state index in [1.54, 1.807) is 75.7 Å². The molecule has 6 N–H and O–H groups in total. The molecule has 366 valence electrons. The predicted molar refractivity (Wildman–Crippen MR) is 263 cm³/mol. The van der Waals surface area contributed by atoms with Crippen molar-refractivity contribution in [2.45, 2.75) is 72.8 Å². The molecule has 0 bridgehead atoms. The zero-order valence-corrected chi connectivity index (χ0v) is 40.2. The van der Waals surface area contributed by atoms with E-state index >= 15 is 0 Å². The lowest BCUT2D eigenvalue weighted by molar-refractivity contribution is -0.131. The van der Waals surface area contributed by atoms with Crippen LogP contribution in [0.4, 0.5) is 11.9 Å². The second kappa shape index (κ2) is 21.7. The highest BCUT2D eigenvalue weighted by Gasteiger charge is 2.24. The van der Waals surface area contributed by atoms with Crippen molar-refractivity contribution in [3.63, 3.8) is 0 Å². The lowest BCUT2D eigenvalue weighted by Gasteiger charge is -2.21. The zero-order chi connectivity index (χ0) is 50.2. The van der Waals surface area contributed by atoms with Crippen LogP contribution in [0.25, 0.3) is 22.1 Å². The van der Waals surface area contributed by atoms with Crippen molar-refractivity contribution in [2.75, 3.05) is 45.1 Å². The SMILES string of the molecule is CCn1nc(C)cc1C(=O)Nc1nc2cc(C(N)=O)cc(OC)c2n1C/C=C/Cn1c(NC(=O)c2cc(C)nn2CC)nc2cc(C=O)cc(OCCCN(C)C(=O)C(N)Cc3ccc(OC)cc3)c21. The summed E-state index contributed by atoms with van der Waals surface area (Å²) in [5, 5.41) is 14.7. The minimum absolute atomic E-state index is 0.130. The second-order valence-electron chi connectivity index (χ2n) is 16.5. The van der Waals surface area contributed by atoms with Gasteiger partial charge < -0.3 is 39.7 Å². The molecule has 1 unspecified atom stereocenters. The first-order chi connectivity index (χ1) is 33.7. The Morgan fingerprint density at radius 2 is 1.33 bits per heavy atom. The van der Waals surface area contributed by atoms with Crippen molar-refractivity contribution >= 4 is 63.9 Å². The standard InChI is InChI=1S/C49H57N13O8/c1-8-61-38(21-29(3)56-61)45(65)54-48-52-36-24-32(28-63)25-41(70-20-12-17-58(5)47(67)35(50)23-31-13-15-34(68-6)16-14-31)43(36)60(48)19-11-10-18-59-42-37(26-33(44(51)64)27-40(42)69-7)53-49(59)55-46(66)39-22-30(4)57-62(39)9-2/h10-11,13-16,21-22,24-28,35H,8-9,12,17-20,23,50H2,1-7H3,(H2,51,64)(H,52,54,65)(H,53,55,66)/b11-10+. The Bertz CT molecular complexity index is 3110. The number of hydrogen-bond donors (Lipinski definition) is 4. The lowest BCUT2D eigenvalue weighted by Crippen LogP contribution is -2.43. The summed E-state index contributed by atoms with van der Waals surface area (Å²) in [6.07, 6.45) is 5.13. The zero-order valence-electron chi connectivity index (χ0n) is 40.2. The first-order valence-corrected chi connectivity index (χ1v) is 22.7. The average molecular weight is 956 g/mol. The van der Waals surface area contributed by atoms with Gasteiger partial charge in [-0.25, -0.2) is 9.97 Å². The van der Waals surface area contributed by atoms with E-state index in [9.17, 15) is 24.0 Å². The van der Waals surface area contributed by atoms with Crippen LogP contribution in [-0.4, -0.2) is 114 Å². The van der Waals surface area contributed by atoms with Crippen LogP contribution in [-0.2, 0) is 37.4 Å². The number of allylic oxidation sites excluding steroid dienone is 2. The number of primary amides is 1. The molecule has 4 aromatic heterocycles. The molecule has 0 spiro atoms.